The number of carbonyl (C=O) groups excluding carboxylic acids is 2. The van der Waals surface area contributed by atoms with Gasteiger partial charge in [0.2, 0.25) is 0 Å². The third-order valence-electron chi connectivity index (χ3n) is 3.89. The molecule has 0 N–H and O–H groups in total. The van der Waals surface area contributed by atoms with Crippen LogP contribution in [0.3, 0.4) is 0 Å². The monoisotopic (exact) mass is 211 g/mol. The van der Waals surface area contributed by atoms with Crippen molar-refractivity contribution >= 4 is 11.9 Å². The van der Waals surface area contributed by atoms with Crippen LogP contribution < -0.4 is 5.11 Å². The minimum absolute atomic E-state index is 0.245. The van der Waals surface area contributed by atoms with Gasteiger partial charge in [-0.2, -0.15) is 0 Å². The first-order chi connectivity index (χ1) is 6.96. The van der Waals surface area contributed by atoms with Gasteiger partial charge in [-0.05, 0) is 18.8 Å². The lowest BCUT2D eigenvalue weighted by Crippen LogP contribution is -2.43. The molecule has 0 spiro atoms. The number of ether oxygens (including phenoxy) is 1. The van der Waals surface area contributed by atoms with Gasteiger partial charge < -0.3 is 14.6 Å². The largest absolute Gasteiger partial charge is 0.550 e. The first-order valence-corrected chi connectivity index (χ1v) is 5.40. The molecule has 15 heavy (non-hydrogen) atoms. The molecule has 0 unspecified atom stereocenters. The second-order valence-corrected chi connectivity index (χ2v) is 4.92. The van der Waals surface area contributed by atoms with Gasteiger partial charge in [0.1, 0.15) is 5.60 Å². The summed E-state index contributed by atoms with van der Waals surface area (Å²) in [5.41, 5.74) is -0.409. The van der Waals surface area contributed by atoms with E-state index in [4.69, 9.17) is 4.74 Å². The molecule has 0 radical (unpaired) electrons. The zero-order valence-electron chi connectivity index (χ0n) is 8.99. The van der Waals surface area contributed by atoms with Crippen molar-refractivity contribution in [2.45, 2.75) is 38.7 Å². The normalized spacial score (nSPS) is 39.3. The predicted octanol–water partition coefficient (Wildman–Crippen LogP) is 0.104. The van der Waals surface area contributed by atoms with Crippen molar-refractivity contribution in [3.63, 3.8) is 0 Å². The average molecular weight is 211 g/mol. The van der Waals surface area contributed by atoms with Gasteiger partial charge in [0.05, 0.1) is 5.92 Å². The number of carbonyl (C=O) groups is 2. The Morgan fingerprint density at radius 2 is 2.27 bits per heavy atom. The minimum Gasteiger partial charge on any atom is -0.550 e. The van der Waals surface area contributed by atoms with Crippen LogP contribution in [-0.4, -0.2) is 17.5 Å². The summed E-state index contributed by atoms with van der Waals surface area (Å²) in [6.45, 7) is 4.02. The van der Waals surface area contributed by atoms with E-state index >= 15 is 0 Å². The molecule has 1 heterocycles. The first-order valence-electron chi connectivity index (χ1n) is 5.40. The van der Waals surface area contributed by atoms with Crippen LogP contribution in [0.4, 0.5) is 0 Å². The molecular formula is C11H15O4-. The predicted molar refractivity (Wildman–Crippen MR) is 49.5 cm³/mol. The Kier molecular flexibility index (Phi) is 2.24. The summed E-state index contributed by atoms with van der Waals surface area (Å²) in [6.07, 6.45) is 1.69. The molecule has 0 amide bonds. The number of aliphatic carboxylic acids is 1. The zero-order valence-corrected chi connectivity index (χ0v) is 8.99. The summed E-state index contributed by atoms with van der Waals surface area (Å²) in [4.78, 5) is 22.4. The molecule has 2 aliphatic rings. The number of carboxylic acids is 1. The molecule has 0 aromatic carbocycles. The van der Waals surface area contributed by atoms with Gasteiger partial charge in [0.25, 0.3) is 0 Å². The van der Waals surface area contributed by atoms with Crippen LogP contribution in [0.1, 0.15) is 33.1 Å². The van der Waals surface area contributed by atoms with Crippen molar-refractivity contribution in [3.8, 4) is 0 Å². The maximum Gasteiger partial charge on any atom is 0.310 e. The zero-order chi connectivity index (χ0) is 11.2. The van der Waals surface area contributed by atoms with Crippen molar-refractivity contribution in [2.24, 2.45) is 17.8 Å². The third kappa shape index (κ3) is 1.43. The fraction of sp³-hybridized carbons (Fsp3) is 0.818. The SMILES string of the molecule is CC(C)[C@@]12CC[C@H](C(=O)[O-])[C@H](C1)C(=O)O2. The third-order valence-corrected chi connectivity index (χ3v) is 3.89. The summed E-state index contributed by atoms with van der Waals surface area (Å²) in [6, 6.07) is 0. The molecular weight excluding hydrogens is 196 g/mol. The van der Waals surface area contributed by atoms with Gasteiger partial charge in [-0.1, -0.05) is 13.8 Å². The molecule has 1 aliphatic heterocycles. The Balaban J connectivity index is 2.24. The van der Waals surface area contributed by atoms with Crippen molar-refractivity contribution in [3.05, 3.63) is 0 Å². The number of carboxylic acid groups (broad SMARTS) is 1. The second-order valence-electron chi connectivity index (χ2n) is 4.92. The van der Waals surface area contributed by atoms with Crippen LogP contribution in [0.25, 0.3) is 0 Å². The first kappa shape index (κ1) is 10.5. The summed E-state index contributed by atoms with van der Waals surface area (Å²) in [5, 5.41) is 10.8. The highest BCUT2D eigenvalue weighted by atomic mass is 16.6. The number of hydrogen-bond acceptors (Lipinski definition) is 4. The van der Waals surface area contributed by atoms with E-state index in [1.54, 1.807) is 0 Å². The lowest BCUT2D eigenvalue weighted by molar-refractivity contribution is -0.313. The fourth-order valence-electron chi connectivity index (χ4n) is 2.76. The molecule has 3 atom stereocenters. The molecule has 2 bridgehead atoms. The minimum atomic E-state index is -1.11. The van der Waals surface area contributed by atoms with Crippen LogP contribution >= 0.6 is 0 Å². The molecule has 1 saturated carbocycles. The van der Waals surface area contributed by atoms with Gasteiger partial charge in [-0.3, -0.25) is 4.79 Å². The maximum absolute atomic E-state index is 11.6. The van der Waals surface area contributed by atoms with Crippen LogP contribution in [0.5, 0.6) is 0 Å². The van der Waals surface area contributed by atoms with Crippen LogP contribution in [-0.2, 0) is 14.3 Å². The lowest BCUT2D eigenvalue weighted by atomic mass is 9.70. The molecule has 2 rings (SSSR count). The highest BCUT2D eigenvalue weighted by Gasteiger charge is 2.54. The van der Waals surface area contributed by atoms with Gasteiger partial charge in [0.15, 0.2) is 0 Å². The van der Waals surface area contributed by atoms with Crippen molar-refractivity contribution in [2.75, 3.05) is 0 Å². The van der Waals surface area contributed by atoms with Gasteiger partial charge in [-0.15, -0.1) is 0 Å². The van der Waals surface area contributed by atoms with E-state index in [-0.39, 0.29) is 11.9 Å². The Hall–Kier alpha value is -1.06. The molecule has 4 nitrogen and oxygen atoms in total. The summed E-state index contributed by atoms with van der Waals surface area (Å²) < 4.78 is 5.38. The van der Waals surface area contributed by atoms with E-state index in [2.05, 4.69) is 0 Å². The van der Waals surface area contributed by atoms with E-state index in [1.165, 1.54) is 0 Å². The van der Waals surface area contributed by atoms with Gasteiger partial charge in [0, 0.05) is 18.3 Å². The second kappa shape index (κ2) is 3.22. The number of fused-ring (bicyclic) bond motifs is 2. The quantitative estimate of drug-likeness (QED) is 0.608. The summed E-state index contributed by atoms with van der Waals surface area (Å²) in [7, 11) is 0. The summed E-state index contributed by atoms with van der Waals surface area (Å²) >= 11 is 0. The highest BCUT2D eigenvalue weighted by molar-refractivity contribution is 5.82. The Morgan fingerprint density at radius 1 is 1.60 bits per heavy atom. The van der Waals surface area contributed by atoms with E-state index < -0.39 is 23.4 Å². The Bertz CT molecular complexity index is 310. The van der Waals surface area contributed by atoms with Crippen molar-refractivity contribution in [1.82, 2.24) is 0 Å². The Morgan fingerprint density at radius 3 is 2.80 bits per heavy atom. The standard InChI is InChI=1S/C11H16O4/c1-6(2)11-4-3-7(9(12)13)8(5-11)10(14)15-11/h6-8H,3-5H2,1-2H3,(H,12,13)/p-1/t7-,8-,11+/m0/s1. The highest BCUT2D eigenvalue weighted by Crippen LogP contribution is 2.49. The molecule has 0 aromatic heterocycles. The molecule has 0 aromatic rings. The Labute approximate surface area is 88.6 Å². The van der Waals surface area contributed by atoms with Gasteiger partial charge >= 0.3 is 5.97 Å². The molecule has 1 saturated heterocycles. The van der Waals surface area contributed by atoms with E-state index in [1.807, 2.05) is 13.8 Å². The maximum atomic E-state index is 11.6. The van der Waals surface area contributed by atoms with Crippen molar-refractivity contribution < 1.29 is 19.4 Å². The van der Waals surface area contributed by atoms with Crippen LogP contribution in [0.2, 0.25) is 0 Å². The molecule has 2 fully saturated rings. The van der Waals surface area contributed by atoms with Crippen molar-refractivity contribution in [1.29, 1.82) is 0 Å². The van der Waals surface area contributed by atoms with E-state index in [0.717, 1.165) is 0 Å². The van der Waals surface area contributed by atoms with E-state index in [9.17, 15) is 14.7 Å². The molecule has 1 aliphatic carbocycles. The summed E-state index contributed by atoms with van der Waals surface area (Å²) in [5.74, 6) is -2.35. The average Bonchev–Trinajstić information content (AvgIpc) is 2.40. The number of esters is 1. The van der Waals surface area contributed by atoms with Gasteiger partial charge in [-0.25, -0.2) is 0 Å². The van der Waals surface area contributed by atoms with Crippen LogP contribution in [0, 0.1) is 17.8 Å². The smallest absolute Gasteiger partial charge is 0.310 e. The number of hydrogen-bond donors (Lipinski definition) is 0. The topological polar surface area (TPSA) is 66.4 Å². The fourth-order valence-corrected chi connectivity index (χ4v) is 2.76. The molecule has 84 valence electrons. The van der Waals surface area contributed by atoms with Crippen LogP contribution in [0.15, 0.2) is 0 Å². The number of rotatable bonds is 2. The molecule has 4 heteroatoms. The van der Waals surface area contributed by atoms with E-state index in [0.29, 0.717) is 19.3 Å². The lowest BCUT2D eigenvalue weighted by Gasteiger charge is -2.37.